The minimum atomic E-state index is -1.26. The van der Waals surface area contributed by atoms with Gasteiger partial charge in [0.15, 0.2) is 13.1 Å². The van der Waals surface area contributed by atoms with Gasteiger partial charge in [-0.15, -0.1) is 0 Å². The number of quaternary nitrogens is 1. The Hall–Kier alpha value is -3.55. The van der Waals surface area contributed by atoms with E-state index in [1.54, 1.807) is 0 Å². The zero-order valence-electron chi connectivity index (χ0n) is 23.8. The van der Waals surface area contributed by atoms with Crippen LogP contribution in [0.25, 0.3) is 0 Å². The normalized spacial score (nSPS) is 11.4. The smallest absolute Gasteiger partial charge is 0.359 e. The molecule has 0 aliphatic carbocycles. The first kappa shape index (κ1) is 35.5. The van der Waals surface area contributed by atoms with Crippen LogP contribution in [-0.4, -0.2) is 118 Å². The number of unbranched alkanes of at least 4 members (excludes halogenated alkanes) is 5. The molecule has 0 aromatic heterocycles. The average Bonchev–Trinajstić information content (AvgIpc) is 2.87. The number of rotatable bonds is 24. The largest absolute Gasteiger partial charge is 0.480 e. The van der Waals surface area contributed by atoms with Gasteiger partial charge in [-0.25, -0.2) is 9.59 Å². The second kappa shape index (κ2) is 19.5. The molecule has 0 aliphatic heterocycles. The zero-order chi connectivity index (χ0) is 30.7. The number of aryl methyl sites for hydroxylation is 1. The number of nitrogens with zero attached hydrogens (tertiary/aromatic N) is 2. The summed E-state index contributed by atoms with van der Waals surface area (Å²) in [7, 11) is 0. The summed E-state index contributed by atoms with van der Waals surface area (Å²) >= 11 is 0. The lowest BCUT2D eigenvalue weighted by Crippen LogP contribution is -2.59. The van der Waals surface area contributed by atoms with E-state index in [2.05, 4.69) is 17.6 Å². The summed E-state index contributed by atoms with van der Waals surface area (Å²) < 4.78 is -0.463. The number of carboxylic acids is 4. The molecule has 1 amide bonds. The van der Waals surface area contributed by atoms with E-state index in [4.69, 9.17) is 10.2 Å². The standard InChI is InChI=1S/C28H44N4O9/c1-2-3-4-5-6-7-8-22-9-11-23(12-10-22)30-24(33)17-29-13-15-32(20-27(38)39,21-28(40)41)16-14-31(18-25(34)35)19-26(36)37/h9-12,29H,2-8,13-21H2,1H3,(H4-,30,33,34,35,36,37,38,39,40,41)/p+1. The highest BCUT2D eigenvalue weighted by Crippen LogP contribution is 2.14. The number of carbonyl (C=O) groups is 5. The molecule has 13 nitrogen and oxygen atoms in total. The van der Waals surface area contributed by atoms with Crippen molar-refractivity contribution < 1.29 is 48.9 Å². The fourth-order valence-electron chi connectivity index (χ4n) is 4.60. The highest BCUT2D eigenvalue weighted by atomic mass is 16.4. The Balaban J connectivity index is 2.64. The van der Waals surface area contributed by atoms with Gasteiger partial charge in [-0.3, -0.25) is 19.3 Å². The average molecular weight is 582 g/mol. The van der Waals surface area contributed by atoms with Crippen LogP contribution in [-0.2, 0) is 30.4 Å². The lowest BCUT2D eigenvalue weighted by atomic mass is 10.0. The molecular formula is C28H45N4O9+. The van der Waals surface area contributed by atoms with Gasteiger partial charge in [-0.2, -0.15) is 0 Å². The van der Waals surface area contributed by atoms with Gasteiger partial charge >= 0.3 is 23.9 Å². The molecule has 0 fully saturated rings. The zero-order valence-corrected chi connectivity index (χ0v) is 23.8. The first-order chi connectivity index (χ1) is 19.4. The molecule has 0 heterocycles. The Morgan fingerprint density at radius 3 is 1.85 bits per heavy atom. The van der Waals surface area contributed by atoms with E-state index in [-0.39, 0.29) is 38.6 Å². The number of carbonyl (C=O) groups excluding carboxylic acids is 1. The van der Waals surface area contributed by atoms with Crippen molar-refractivity contribution >= 4 is 35.5 Å². The van der Waals surface area contributed by atoms with Gasteiger partial charge in [0, 0.05) is 18.8 Å². The highest BCUT2D eigenvalue weighted by Gasteiger charge is 2.34. The minimum Gasteiger partial charge on any atom is -0.480 e. The summed E-state index contributed by atoms with van der Waals surface area (Å²) in [6.45, 7) is -0.374. The van der Waals surface area contributed by atoms with Crippen LogP contribution < -0.4 is 10.6 Å². The highest BCUT2D eigenvalue weighted by molar-refractivity contribution is 5.92. The molecule has 13 heteroatoms. The fraction of sp³-hybridized carbons (Fsp3) is 0.607. The first-order valence-corrected chi connectivity index (χ1v) is 14.0. The summed E-state index contributed by atoms with van der Waals surface area (Å²) in [5, 5.41) is 42.7. The first-order valence-electron chi connectivity index (χ1n) is 14.0. The number of benzene rings is 1. The van der Waals surface area contributed by atoms with Crippen molar-refractivity contribution in [2.24, 2.45) is 0 Å². The lowest BCUT2D eigenvalue weighted by Gasteiger charge is -2.37. The molecule has 0 radical (unpaired) electrons. The van der Waals surface area contributed by atoms with Gasteiger partial charge < -0.3 is 35.5 Å². The lowest BCUT2D eigenvalue weighted by molar-refractivity contribution is -0.912. The van der Waals surface area contributed by atoms with Crippen LogP contribution in [0.3, 0.4) is 0 Å². The molecule has 1 rings (SSSR count). The van der Waals surface area contributed by atoms with Crippen LogP contribution >= 0.6 is 0 Å². The van der Waals surface area contributed by atoms with E-state index in [0.717, 1.165) is 17.7 Å². The predicted molar refractivity (Wildman–Crippen MR) is 152 cm³/mol. The number of anilines is 1. The van der Waals surface area contributed by atoms with Crippen LogP contribution in [0.5, 0.6) is 0 Å². The van der Waals surface area contributed by atoms with Crippen LogP contribution in [0, 0.1) is 0 Å². The van der Waals surface area contributed by atoms with Crippen molar-refractivity contribution in [1.29, 1.82) is 0 Å². The maximum atomic E-state index is 12.4. The molecule has 41 heavy (non-hydrogen) atoms. The van der Waals surface area contributed by atoms with Crippen molar-refractivity contribution in [3.8, 4) is 0 Å². The SMILES string of the molecule is CCCCCCCCc1ccc(NC(=O)CNCC[N+](CCN(CC(=O)O)CC(=O)O)(CC(=O)O)CC(=O)O)cc1. The number of nitrogens with one attached hydrogen (secondary N) is 2. The van der Waals surface area contributed by atoms with Crippen molar-refractivity contribution in [1.82, 2.24) is 10.2 Å². The molecule has 0 aliphatic rings. The van der Waals surface area contributed by atoms with Crippen LogP contribution in [0.1, 0.15) is 51.0 Å². The molecule has 0 atom stereocenters. The number of hydrogen-bond acceptors (Lipinski definition) is 7. The monoisotopic (exact) mass is 581 g/mol. The third kappa shape index (κ3) is 17.0. The third-order valence-corrected chi connectivity index (χ3v) is 6.65. The molecule has 0 bridgehead atoms. The van der Waals surface area contributed by atoms with Crippen molar-refractivity contribution in [3.05, 3.63) is 29.8 Å². The van der Waals surface area contributed by atoms with Crippen LogP contribution in [0.2, 0.25) is 0 Å². The summed E-state index contributed by atoms with van der Waals surface area (Å²) in [6.07, 6.45) is 8.33. The number of aliphatic carboxylic acids is 4. The molecule has 1 aromatic rings. The van der Waals surface area contributed by atoms with E-state index in [9.17, 15) is 34.2 Å². The molecule has 0 saturated carbocycles. The second-order valence-corrected chi connectivity index (χ2v) is 10.3. The van der Waals surface area contributed by atoms with Gasteiger partial charge in [0.1, 0.15) is 0 Å². The maximum Gasteiger partial charge on any atom is 0.359 e. The van der Waals surface area contributed by atoms with Gasteiger partial charge in [-0.05, 0) is 30.5 Å². The summed E-state index contributed by atoms with van der Waals surface area (Å²) in [5.41, 5.74) is 1.84. The quantitative estimate of drug-likeness (QED) is 0.0766. The van der Waals surface area contributed by atoms with Crippen molar-refractivity contribution in [2.75, 3.05) is 64.2 Å². The van der Waals surface area contributed by atoms with Gasteiger partial charge in [0.05, 0.1) is 32.7 Å². The van der Waals surface area contributed by atoms with Crippen molar-refractivity contribution in [3.63, 3.8) is 0 Å². The van der Waals surface area contributed by atoms with E-state index >= 15 is 0 Å². The van der Waals surface area contributed by atoms with E-state index < -0.39 is 54.5 Å². The summed E-state index contributed by atoms with van der Waals surface area (Å²) in [5.74, 6) is -5.36. The van der Waals surface area contributed by atoms with Gasteiger partial charge in [-0.1, -0.05) is 51.2 Å². The van der Waals surface area contributed by atoms with Gasteiger partial charge in [0.25, 0.3) is 0 Å². The molecule has 0 spiro atoms. The van der Waals surface area contributed by atoms with Gasteiger partial charge in [0.2, 0.25) is 5.91 Å². The predicted octanol–water partition coefficient (Wildman–Crippen LogP) is 1.57. The van der Waals surface area contributed by atoms with E-state index in [1.165, 1.54) is 37.7 Å². The van der Waals surface area contributed by atoms with Crippen LogP contribution in [0.15, 0.2) is 24.3 Å². The second-order valence-electron chi connectivity index (χ2n) is 10.3. The maximum absolute atomic E-state index is 12.4. The number of carboxylic acid groups (broad SMARTS) is 4. The number of amides is 1. The molecule has 0 unspecified atom stereocenters. The fourth-order valence-corrected chi connectivity index (χ4v) is 4.60. The third-order valence-electron chi connectivity index (χ3n) is 6.65. The number of hydrogen-bond donors (Lipinski definition) is 6. The van der Waals surface area contributed by atoms with E-state index in [0.29, 0.717) is 5.69 Å². The molecular weight excluding hydrogens is 536 g/mol. The molecule has 1 aromatic carbocycles. The Morgan fingerprint density at radius 1 is 0.756 bits per heavy atom. The molecule has 6 N–H and O–H groups in total. The van der Waals surface area contributed by atoms with E-state index in [1.807, 2.05) is 24.3 Å². The molecule has 230 valence electrons. The Bertz CT molecular complexity index is 953. The Labute approximate surface area is 240 Å². The van der Waals surface area contributed by atoms with Crippen molar-refractivity contribution in [2.45, 2.75) is 51.9 Å². The topological polar surface area (TPSA) is 194 Å². The summed E-state index contributed by atoms with van der Waals surface area (Å²) in [4.78, 5) is 58.9. The Morgan fingerprint density at radius 2 is 1.32 bits per heavy atom. The van der Waals surface area contributed by atoms with Crippen LogP contribution in [0.4, 0.5) is 5.69 Å². The minimum absolute atomic E-state index is 0.00695. The summed E-state index contributed by atoms with van der Waals surface area (Å²) in [6, 6.07) is 7.64. The molecule has 0 saturated heterocycles. The Kier molecular flexibility index (Phi) is 16.9.